The van der Waals surface area contributed by atoms with Crippen LogP contribution in [0.15, 0.2) is 22.3 Å². The molecule has 0 bridgehead atoms. The fourth-order valence-electron chi connectivity index (χ4n) is 2.11. The van der Waals surface area contributed by atoms with Crippen LogP contribution in [0.3, 0.4) is 0 Å². The molecule has 0 aliphatic heterocycles. The number of hydrogen-bond acceptors (Lipinski definition) is 5. The number of hydrogen-bond donors (Lipinski definition) is 3. The molecule has 2 rings (SSSR count). The Bertz CT molecular complexity index is 752. The van der Waals surface area contributed by atoms with Crippen LogP contribution in [0.4, 0.5) is 0 Å². The van der Waals surface area contributed by atoms with Crippen molar-refractivity contribution in [2.75, 3.05) is 6.54 Å². The molecule has 0 aliphatic rings. The van der Waals surface area contributed by atoms with Crippen LogP contribution in [-0.4, -0.2) is 34.0 Å². The van der Waals surface area contributed by atoms with Crippen LogP contribution in [-0.2, 0) is 17.6 Å². The van der Waals surface area contributed by atoms with Crippen molar-refractivity contribution in [2.24, 2.45) is 0 Å². The molecule has 0 saturated heterocycles. The number of aromatic nitrogens is 2. The second kappa shape index (κ2) is 10.4. The average Bonchev–Trinajstić information content (AvgIpc) is 3.04. The number of pyridine rings is 1. The number of carbonyl (C=O) groups is 2. The molecular formula is C17H23N3O4S. The molecule has 25 heavy (non-hydrogen) atoms. The number of nitrogens with zero attached hydrogens (tertiary/aromatic N) is 1. The summed E-state index contributed by atoms with van der Waals surface area (Å²) in [5, 5.41) is 12.9. The van der Waals surface area contributed by atoms with Gasteiger partial charge < -0.3 is 15.4 Å². The highest BCUT2D eigenvalue weighted by Gasteiger charge is 2.11. The summed E-state index contributed by atoms with van der Waals surface area (Å²) < 4.78 is 0. The van der Waals surface area contributed by atoms with Gasteiger partial charge in [0.2, 0.25) is 5.56 Å². The highest BCUT2D eigenvalue weighted by molar-refractivity contribution is 7.09. The van der Waals surface area contributed by atoms with Gasteiger partial charge in [-0.15, -0.1) is 11.3 Å². The Morgan fingerprint density at radius 2 is 2.12 bits per heavy atom. The van der Waals surface area contributed by atoms with Crippen LogP contribution in [0, 0.1) is 0 Å². The van der Waals surface area contributed by atoms with Gasteiger partial charge in [0, 0.05) is 36.0 Å². The predicted molar refractivity (Wildman–Crippen MR) is 97.4 cm³/mol. The van der Waals surface area contributed by atoms with Gasteiger partial charge >= 0.3 is 0 Å². The fraction of sp³-hybridized carbons (Fsp3) is 0.412. The molecule has 0 aromatic carbocycles. The molecule has 136 valence electrons. The summed E-state index contributed by atoms with van der Waals surface area (Å²) in [6.07, 6.45) is 1.32. The van der Waals surface area contributed by atoms with E-state index >= 15 is 0 Å². The Kier molecular flexibility index (Phi) is 8.55. The summed E-state index contributed by atoms with van der Waals surface area (Å²) in [6, 6.07) is 2.95. The number of nitrogens with one attached hydrogen (secondary N) is 2. The summed E-state index contributed by atoms with van der Waals surface area (Å²) in [7, 11) is 0. The van der Waals surface area contributed by atoms with E-state index in [0.717, 1.165) is 10.7 Å². The average molecular weight is 365 g/mol. The van der Waals surface area contributed by atoms with Crippen LogP contribution in [0.5, 0.6) is 0 Å². The second-order valence-corrected chi connectivity index (χ2v) is 6.40. The smallest absolute Gasteiger partial charge is 0.290 e. The van der Waals surface area contributed by atoms with Crippen molar-refractivity contribution in [2.45, 2.75) is 39.5 Å². The number of aryl methyl sites for hydroxylation is 1. The summed E-state index contributed by atoms with van der Waals surface area (Å²) in [5.41, 5.74) is 2.02. The lowest BCUT2D eigenvalue weighted by Crippen LogP contribution is -2.28. The van der Waals surface area contributed by atoms with Crippen LogP contribution >= 0.6 is 11.3 Å². The zero-order valence-electron chi connectivity index (χ0n) is 14.5. The lowest BCUT2D eigenvalue weighted by Gasteiger charge is -2.08. The number of carboxylic acid groups (broad SMARTS) is 1. The molecule has 0 atom stereocenters. The third-order valence-electron chi connectivity index (χ3n) is 3.33. The maximum Gasteiger partial charge on any atom is 0.290 e. The Hall–Kier alpha value is -2.48. The van der Waals surface area contributed by atoms with Gasteiger partial charge in [0.25, 0.3) is 12.4 Å². The number of thiazole rings is 1. The number of H-pyrrole nitrogens is 1. The maximum atomic E-state index is 12.2. The van der Waals surface area contributed by atoms with Gasteiger partial charge in [0.1, 0.15) is 0 Å². The molecule has 0 saturated carbocycles. The summed E-state index contributed by atoms with van der Waals surface area (Å²) in [6.45, 7) is 6.42. The molecule has 0 aliphatic carbocycles. The zero-order chi connectivity index (χ0) is 18.8. The molecule has 1 amide bonds. The van der Waals surface area contributed by atoms with Crippen molar-refractivity contribution in [3.8, 4) is 0 Å². The molecular weight excluding hydrogens is 342 g/mol. The van der Waals surface area contributed by atoms with E-state index in [-0.39, 0.29) is 17.9 Å². The minimum Gasteiger partial charge on any atom is -0.483 e. The number of aromatic amines is 1. The molecule has 0 spiro atoms. The van der Waals surface area contributed by atoms with E-state index in [1.165, 1.54) is 6.07 Å². The molecule has 0 fully saturated rings. The summed E-state index contributed by atoms with van der Waals surface area (Å²) in [5.74, 6) is 0.272. The van der Waals surface area contributed by atoms with E-state index in [0.29, 0.717) is 36.6 Å². The van der Waals surface area contributed by atoms with Crippen LogP contribution < -0.4 is 10.9 Å². The first-order valence-corrected chi connectivity index (χ1v) is 8.83. The van der Waals surface area contributed by atoms with Gasteiger partial charge in [-0.3, -0.25) is 14.4 Å². The first-order chi connectivity index (χ1) is 11.9. The fourth-order valence-corrected chi connectivity index (χ4v) is 2.98. The Morgan fingerprint density at radius 1 is 1.44 bits per heavy atom. The van der Waals surface area contributed by atoms with Gasteiger partial charge in [-0.2, -0.15) is 0 Å². The standard InChI is InChI=1S/C16H21N3O2S.CH2O2/c1-4-13-12(5-6-14(20)19-13)15(21)17-8-7-11-9-22-16(18-11)10(2)3;2-1-3/h5-6,9-10H,4,7-8H2,1-3H3,(H,17,21)(H,19,20);1H,(H,2,3). The van der Waals surface area contributed by atoms with Gasteiger partial charge in [0.05, 0.1) is 16.3 Å². The molecule has 0 unspecified atom stereocenters. The summed E-state index contributed by atoms with van der Waals surface area (Å²) in [4.78, 5) is 39.1. The maximum absolute atomic E-state index is 12.2. The van der Waals surface area contributed by atoms with Crippen molar-refractivity contribution >= 4 is 23.7 Å². The third-order valence-corrected chi connectivity index (χ3v) is 4.52. The topological polar surface area (TPSA) is 112 Å². The van der Waals surface area contributed by atoms with Crippen molar-refractivity contribution in [1.29, 1.82) is 0 Å². The highest BCUT2D eigenvalue weighted by atomic mass is 32.1. The first-order valence-electron chi connectivity index (χ1n) is 7.95. The van der Waals surface area contributed by atoms with Crippen molar-refractivity contribution in [3.63, 3.8) is 0 Å². The van der Waals surface area contributed by atoms with E-state index in [4.69, 9.17) is 9.90 Å². The minimum absolute atomic E-state index is 0.160. The zero-order valence-corrected chi connectivity index (χ0v) is 15.4. The Balaban J connectivity index is 0.000000970. The van der Waals surface area contributed by atoms with E-state index in [1.807, 2.05) is 12.3 Å². The van der Waals surface area contributed by atoms with Gasteiger partial charge in [0.15, 0.2) is 0 Å². The molecule has 7 nitrogen and oxygen atoms in total. The molecule has 3 N–H and O–H groups in total. The summed E-state index contributed by atoms with van der Waals surface area (Å²) >= 11 is 1.66. The normalized spacial score (nSPS) is 10.1. The highest BCUT2D eigenvalue weighted by Crippen LogP contribution is 2.19. The van der Waals surface area contributed by atoms with Crippen LogP contribution in [0.2, 0.25) is 0 Å². The Labute approximate surface area is 150 Å². The lowest BCUT2D eigenvalue weighted by molar-refractivity contribution is -0.122. The Morgan fingerprint density at radius 3 is 2.68 bits per heavy atom. The molecule has 2 aromatic rings. The first kappa shape index (κ1) is 20.6. The SMILES string of the molecule is CCc1[nH]c(=O)ccc1C(=O)NCCc1csc(C(C)C)n1.O=CO. The largest absolute Gasteiger partial charge is 0.483 e. The second-order valence-electron chi connectivity index (χ2n) is 5.51. The minimum atomic E-state index is -0.250. The number of carbonyl (C=O) groups excluding carboxylic acids is 1. The van der Waals surface area contributed by atoms with E-state index in [9.17, 15) is 9.59 Å². The van der Waals surface area contributed by atoms with Gasteiger partial charge in [-0.25, -0.2) is 4.98 Å². The molecule has 8 heteroatoms. The van der Waals surface area contributed by atoms with E-state index in [2.05, 4.69) is 29.1 Å². The number of amides is 1. The predicted octanol–water partition coefficient (Wildman–Crippen LogP) is 2.19. The molecule has 2 aromatic heterocycles. The van der Waals surface area contributed by atoms with E-state index < -0.39 is 0 Å². The quantitative estimate of drug-likeness (QED) is 0.679. The van der Waals surface area contributed by atoms with Crippen LogP contribution in [0.25, 0.3) is 0 Å². The van der Waals surface area contributed by atoms with Crippen LogP contribution in [0.1, 0.15) is 53.4 Å². The molecule has 0 radical (unpaired) electrons. The molecule has 2 heterocycles. The van der Waals surface area contributed by atoms with Crippen molar-refractivity contribution < 1.29 is 14.7 Å². The monoisotopic (exact) mass is 365 g/mol. The number of rotatable bonds is 6. The van der Waals surface area contributed by atoms with E-state index in [1.54, 1.807) is 17.4 Å². The van der Waals surface area contributed by atoms with Crippen molar-refractivity contribution in [3.05, 3.63) is 49.8 Å². The van der Waals surface area contributed by atoms with Crippen molar-refractivity contribution in [1.82, 2.24) is 15.3 Å². The third kappa shape index (κ3) is 6.50. The lowest BCUT2D eigenvalue weighted by atomic mass is 10.1. The van der Waals surface area contributed by atoms with Gasteiger partial charge in [-0.05, 0) is 12.5 Å². The van der Waals surface area contributed by atoms with Gasteiger partial charge in [-0.1, -0.05) is 20.8 Å².